The molecular formula is C17H22FN5O2. The topological polar surface area (TPSA) is 88.1 Å². The van der Waals surface area contributed by atoms with Crippen LogP contribution >= 0.6 is 0 Å². The molecule has 0 saturated carbocycles. The molecule has 0 aliphatic carbocycles. The Hall–Kier alpha value is -2.90. The lowest BCUT2D eigenvalue weighted by atomic mass is 10.1. The van der Waals surface area contributed by atoms with Gasteiger partial charge in [0.2, 0.25) is 5.91 Å². The molecule has 25 heavy (non-hydrogen) atoms. The zero-order chi connectivity index (χ0) is 18.1. The lowest BCUT2D eigenvalue weighted by Gasteiger charge is -2.15. The van der Waals surface area contributed by atoms with Crippen LogP contribution in [-0.4, -0.2) is 40.6 Å². The minimum Gasteiger partial charge on any atom is -0.354 e. The highest BCUT2D eigenvalue weighted by Gasteiger charge is 2.08. The van der Waals surface area contributed by atoms with Crippen LogP contribution in [-0.2, 0) is 17.8 Å². The minimum absolute atomic E-state index is 0.0585. The molecule has 0 aliphatic heterocycles. The highest BCUT2D eigenvalue weighted by Crippen LogP contribution is 2.03. The van der Waals surface area contributed by atoms with Gasteiger partial charge in [-0.3, -0.25) is 4.79 Å². The molecule has 0 fully saturated rings. The lowest BCUT2D eigenvalue weighted by Crippen LogP contribution is -2.44. The van der Waals surface area contributed by atoms with Crippen molar-refractivity contribution >= 4 is 11.9 Å². The van der Waals surface area contributed by atoms with E-state index in [0.29, 0.717) is 25.2 Å². The standard InChI is InChI=1S/C17H22FN5O2/c1-13(11-23-8-7-19-12-23)22-17(25)21-6-5-20-16(24)10-14-3-2-4-15(18)9-14/h2-4,7-9,12-13H,5-6,10-11H2,1H3,(H,20,24)(H2,21,22,25)/t13-/m0/s1. The number of carbonyl (C=O) groups excluding carboxylic acids is 2. The van der Waals surface area contributed by atoms with Crippen molar-refractivity contribution in [1.29, 1.82) is 0 Å². The average Bonchev–Trinajstić information content (AvgIpc) is 3.04. The van der Waals surface area contributed by atoms with E-state index in [1.54, 1.807) is 24.7 Å². The van der Waals surface area contributed by atoms with Crippen LogP contribution in [0.5, 0.6) is 0 Å². The lowest BCUT2D eigenvalue weighted by molar-refractivity contribution is -0.120. The molecule has 0 saturated heterocycles. The van der Waals surface area contributed by atoms with E-state index >= 15 is 0 Å². The van der Waals surface area contributed by atoms with E-state index in [2.05, 4.69) is 20.9 Å². The van der Waals surface area contributed by atoms with Crippen molar-refractivity contribution in [3.05, 3.63) is 54.4 Å². The summed E-state index contributed by atoms with van der Waals surface area (Å²) in [6.07, 6.45) is 5.29. The van der Waals surface area contributed by atoms with Gasteiger partial charge in [0.15, 0.2) is 0 Å². The van der Waals surface area contributed by atoms with E-state index < -0.39 is 0 Å². The Balaban J connectivity index is 1.58. The van der Waals surface area contributed by atoms with Gasteiger partial charge < -0.3 is 20.5 Å². The predicted molar refractivity (Wildman–Crippen MR) is 91.3 cm³/mol. The molecule has 0 spiro atoms. The average molecular weight is 347 g/mol. The van der Waals surface area contributed by atoms with Crippen molar-refractivity contribution in [3.63, 3.8) is 0 Å². The second kappa shape index (κ2) is 9.41. The molecule has 1 atom stereocenters. The summed E-state index contributed by atoms with van der Waals surface area (Å²) in [6, 6.07) is 5.55. The largest absolute Gasteiger partial charge is 0.354 e. The van der Waals surface area contributed by atoms with Gasteiger partial charge in [-0.2, -0.15) is 0 Å². The fraction of sp³-hybridized carbons (Fsp3) is 0.353. The number of carbonyl (C=O) groups is 2. The number of nitrogens with zero attached hydrogens (tertiary/aromatic N) is 2. The number of halogens is 1. The van der Waals surface area contributed by atoms with Gasteiger partial charge >= 0.3 is 6.03 Å². The van der Waals surface area contributed by atoms with Crippen LogP contribution in [0.1, 0.15) is 12.5 Å². The molecule has 2 aromatic rings. The SMILES string of the molecule is C[C@@H](Cn1ccnc1)NC(=O)NCCNC(=O)Cc1cccc(F)c1. The summed E-state index contributed by atoms with van der Waals surface area (Å²) in [6.45, 7) is 3.12. The van der Waals surface area contributed by atoms with Gasteiger partial charge in [0.1, 0.15) is 5.82 Å². The van der Waals surface area contributed by atoms with Crippen molar-refractivity contribution in [2.45, 2.75) is 25.9 Å². The van der Waals surface area contributed by atoms with Crippen molar-refractivity contribution in [3.8, 4) is 0 Å². The van der Waals surface area contributed by atoms with E-state index in [1.807, 2.05) is 17.7 Å². The van der Waals surface area contributed by atoms with E-state index in [4.69, 9.17) is 0 Å². The van der Waals surface area contributed by atoms with Crippen LogP contribution < -0.4 is 16.0 Å². The van der Waals surface area contributed by atoms with Gasteiger partial charge in [-0.15, -0.1) is 0 Å². The van der Waals surface area contributed by atoms with Crippen LogP contribution in [0.3, 0.4) is 0 Å². The number of aromatic nitrogens is 2. The molecule has 1 heterocycles. The molecule has 7 nitrogen and oxygen atoms in total. The molecule has 0 aliphatic rings. The quantitative estimate of drug-likeness (QED) is 0.624. The van der Waals surface area contributed by atoms with Crippen LogP contribution in [0.15, 0.2) is 43.0 Å². The Morgan fingerprint density at radius 1 is 1.28 bits per heavy atom. The van der Waals surface area contributed by atoms with Crippen molar-refractivity contribution in [2.75, 3.05) is 13.1 Å². The molecule has 0 unspecified atom stereocenters. The van der Waals surface area contributed by atoms with E-state index in [9.17, 15) is 14.0 Å². The highest BCUT2D eigenvalue weighted by molar-refractivity contribution is 5.78. The number of hydrogen-bond donors (Lipinski definition) is 3. The maximum atomic E-state index is 13.0. The summed E-state index contributed by atoms with van der Waals surface area (Å²) in [4.78, 5) is 27.4. The molecule has 1 aromatic heterocycles. The fourth-order valence-electron chi connectivity index (χ4n) is 2.30. The number of hydrogen-bond acceptors (Lipinski definition) is 3. The Morgan fingerprint density at radius 3 is 2.80 bits per heavy atom. The van der Waals surface area contributed by atoms with Crippen LogP contribution in [0.25, 0.3) is 0 Å². The fourth-order valence-corrected chi connectivity index (χ4v) is 2.30. The highest BCUT2D eigenvalue weighted by atomic mass is 19.1. The molecule has 1 aromatic carbocycles. The number of benzene rings is 1. The molecule has 8 heteroatoms. The zero-order valence-electron chi connectivity index (χ0n) is 14.0. The van der Waals surface area contributed by atoms with E-state index in [-0.39, 0.29) is 30.2 Å². The first-order chi connectivity index (χ1) is 12.0. The van der Waals surface area contributed by atoms with Gasteiger partial charge in [0.25, 0.3) is 0 Å². The van der Waals surface area contributed by atoms with Gasteiger partial charge in [0.05, 0.1) is 12.7 Å². The third-order valence-electron chi connectivity index (χ3n) is 3.41. The first-order valence-corrected chi connectivity index (χ1v) is 8.04. The number of urea groups is 1. The van der Waals surface area contributed by atoms with Gasteiger partial charge in [-0.1, -0.05) is 12.1 Å². The Bertz CT molecular complexity index is 690. The summed E-state index contributed by atoms with van der Waals surface area (Å²) in [7, 11) is 0. The first kappa shape index (κ1) is 18.4. The summed E-state index contributed by atoms with van der Waals surface area (Å²) in [5.74, 6) is -0.588. The molecule has 0 bridgehead atoms. The van der Waals surface area contributed by atoms with Crippen molar-refractivity contribution in [1.82, 2.24) is 25.5 Å². The monoisotopic (exact) mass is 347 g/mol. The van der Waals surface area contributed by atoms with Crippen LogP contribution in [0, 0.1) is 5.82 Å². The number of nitrogens with one attached hydrogen (secondary N) is 3. The molecule has 3 amide bonds. The Kier molecular flexibility index (Phi) is 6.94. The summed E-state index contributed by atoms with van der Waals surface area (Å²) in [5, 5.41) is 8.15. The number of imidazole rings is 1. The smallest absolute Gasteiger partial charge is 0.315 e. The summed E-state index contributed by atoms with van der Waals surface area (Å²) < 4.78 is 14.9. The Labute approximate surface area is 145 Å². The second-order valence-corrected chi connectivity index (χ2v) is 5.72. The van der Waals surface area contributed by atoms with Gasteiger partial charge in [-0.25, -0.2) is 14.2 Å². The third-order valence-corrected chi connectivity index (χ3v) is 3.41. The van der Waals surface area contributed by atoms with Gasteiger partial charge in [-0.05, 0) is 24.6 Å². The van der Waals surface area contributed by atoms with E-state index in [1.165, 1.54) is 12.1 Å². The summed E-state index contributed by atoms with van der Waals surface area (Å²) in [5.41, 5.74) is 0.608. The van der Waals surface area contributed by atoms with Gasteiger partial charge in [0, 0.05) is 38.1 Å². The predicted octanol–water partition coefficient (Wildman–Crippen LogP) is 1.07. The maximum absolute atomic E-state index is 13.0. The molecule has 2 rings (SSSR count). The minimum atomic E-state index is -0.367. The van der Waals surface area contributed by atoms with Crippen LogP contribution in [0.4, 0.5) is 9.18 Å². The van der Waals surface area contributed by atoms with E-state index in [0.717, 1.165) is 0 Å². The zero-order valence-corrected chi connectivity index (χ0v) is 14.0. The second-order valence-electron chi connectivity index (χ2n) is 5.72. The maximum Gasteiger partial charge on any atom is 0.315 e. The van der Waals surface area contributed by atoms with Crippen molar-refractivity contribution < 1.29 is 14.0 Å². The molecular weight excluding hydrogens is 325 g/mol. The third kappa shape index (κ3) is 7.03. The molecule has 134 valence electrons. The molecule has 3 N–H and O–H groups in total. The number of rotatable bonds is 8. The molecule has 0 radical (unpaired) electrons. The van der Waals surface area contributed by atoms with Crippen molar-refractivity contribution in [2.24, 2.45) is 0 Å². The van der Waals surface area contributed by atoms with Crippen LogP contribution in [0.2, 0.25) is 0 Å². The first-order valence-electron chi connectivity index (χ1n) is 8.04. The summed E-state index contributed by atoms with van der Waals surface area (Å²) >= 11 is 0. The number of amides is 3. The normalized spacial score (nSPS) is 11.6. The Morgan fingerprint density at radius 2 is 2.08 bits per heavy atom.